The lowest BCUT2D eigenvalue weighted by Gasteiger charge is -2.37. The highest BCUT2D eigenvalue weighted by Crippen LogP contribution is 2.38. The fourth-order valence-corrected chi connectivity index (χ4v) is 4.89. The Morgan fingerprint density at radius 2 is 1.88 bits per heavy atom. The lowest BCUT2D eigenvalue weighted by Crippen LogP contribution is -2.54. The smallest absolute Gasteiger partial charge is 0.326 e. The second-order valence-corrected chi connectivity index (χ2v) is 9.20. The average molecular weight is 452 g/mol. The molecular weight excluding hydrogens is 418 g/mol. The van der Waals surface area contributed by atoms with Gasteiger partial charge in [0.1, 0.15) is 12.1 Å². The van der Waals surface area contributed by atoms with Crippen molar-refractivity contribution in [1.82, 2.24) is 15.1 Å². The molecule has 0 aromatic heterocycles. The summed E-state index contributed by atoms with van der Waals surface area (Å²) in [6.45, 7) is 3.34. The van der Waals surface area contributed by atoms with E-state index in [0.717, 1.165) is 36.8 Å². The minimum absolute atomic E-state index is 0.0891. The van der Waals surface area contributed by atoms with Crippen LogP contribution in [0.15, 0.2) is 48.5 Å². The number of methoxy groups -OCH3 is 1. The average Bonchev–Trinajstić information content (AvgIpc) is 3.05. The first-order valence-corrected chi connectivity index (χ1v) is 11.6. The van der Waals surface area contributed by atoms with Gasteiger partial charge in [0.15, 0.2) is 11.5 Å². The maximum absolute atomic E-state index is 13.2. The molecule has 7 heteroatoms. The Labute approximate surface area is 195 Å². The van der Waals surface area contributed by atoms with Crippen molar-refractivity contribution in [2.45, 2.75) is 51.3 Å². The highest BCUT2D eigenvalue weighted by atomic mass is 16.5. The number of carbonyl (C=O) groups is 2. The Hall–Kier alpha value is -3.06. The van der Waals surface area contributed by atoms with Gasteiger partial charge in [-0.15, -0.1) is 0 Å². The molecule has 1 saturated heterocycles. The van der Waals surface area contributed by atoms with Crippen LogP contribution in [0.2, 0.25) is 0 Å². The number of urea groups is 1. The van der Waals surface area contributed by atoms with Crippen molar-refractivity contribution >= 4 is 11.9 Å². The van der Waals surface area contributed by atoms with E-state index in [-0.39, 0.29) is 24.5 Å². The molecule has 2 fully saturated rings. The summed E-state index contributed by atoms with van der Waals surface area (Å²) in [4.78, 5) is 29.2. The van der Waals surface area contributed by atoms with Crippen molar-refractivity contribution in [2.75, 3.05) is 20.8 Å². The Morgan fingerprint density at radius 3 is 2.61 bits per heavy atom. The van der Waals surface area contributed by atoms with E-state index in [1.807, 2.05) is 60.5 Å². The molecule has 1 aliphatic heterocycles. The quantitative estimate of drug-likeness (QED) is 0.610. The van der Waals surface area contributed by atoms with Crippen LogP contribution in [0, 0.1) is 5.92 Å². The van der Waals surface area contributed by atoms with E-state index in [4.69, 9.17) is 9.47 Å². The molecule has 0 radical (unpaired) electrons. The van der Waals surface area contributed by atoms with Crippen LogP contribution < -0.4 is 14.8 Å². The fourth-order valence-electron chi connectivity index (χ4n) is 4.89. The first-order chi connectivity index (χ1) is 15.9. The largest absolute Gasteiger partial charge is 0.493 e. The zero-order valence-electron chi connectivity index (χ0n) is 19.7. The first kappa shape index (κ1) is 23.1. The number of nitrogens with zero attached hydrogens (tertiary/aromatic N) is 2. The van der Waals surface area contributed by atoms with Gasteiger partial charge in [0.05, 0.1) is 13.8 Å². The van der Waals surface area contributed by atoms with Crippen molar-refractivity contribution in [3.8, 4) is 11.5 Å². The molecule has 176 valence electrons. The SMILES string of the molecule is COc1cc(CN(C)CN2C(=O)N[C@]3(CCCC[C@H]3C)C2=O)ccc1OCc1ccccc1. The summed E-state index contributed by atoms with van der Waals surface area (Å²) in [6.07, 6.45) is 3.77. The third-order valence-corrected chi connectivity index (χ3v) is 6.80. The number of amides is 3. The standard InChI is InChI=1S/C26H33N3O4/c1-19-9-7-8-14-26(19)24(30)29(25(31)27-26)18-28(2)16-21-12-13-22(23(15-21)32-3)33-17-20-10-5-4-6-11-20/h4-6,10-13,15,19H,7-9,14,16-18H2,1-3H3,(H,27,31)/t19-,26+/m1/s1. The summed E-state index contributed by atoms with van der Waals surface area (Å²) >= 11 is 0. The topological polar surface area (TPSA) is 71.1 Å². The molecule has 1 N–H and O–H groups in total. The Morgan fingerprint density at radius 1 is 1.09 bits per heavy atom. The monoisotopic (exact) mass is 451 g/mol. The summed E-state index contributed by atoms with van der Waals surface area (Å²) in [5.74, 6) is 1.40. The van der Waals surface area contributed by atoms with Crippen molar-refractivity contribution < 1.29 is 19.1 Å². The molecule has 2 atom stereocenters. The van der Waals surface area contributed by atoms with Gasteiger partial charge in [0.2, 0.25) is 0 Å². The third kappa shape index (κ3) is 4.83. The molecule has 1 aliphatic carbocycles. The highest BCUT2D eigenvalue weighted by Gasteiger charge is 2.54. The number of rotatable bonds is 8. The van der Waals surface area contributed by atoms with Crippen LogP contribution in [-0.2, 0) is 17.9 Å². The van der Waals surface area contributed by atoms with Crippen LogP contribution in [0.4, 0.5) is 4.79 Å². The maximum atomic E-state index is 13.2. The first-order valence-electron chi connectivity index (χ1n) is 11.6. The molecule has 1 heterocycles. The van der Waals surface area contributed by atoms with Gasteiger partial charge in [0.25, 0.3) is 5.91 Å². The van der Waals surface area contributed by atoms with Gasteiger partial charge in [0, 0.05) is 6.54 Å². The van der Waals surface area contributed by atoms with E-state index >= 15 is 0 Å². The predicted octanol–water partition coefficient (Wildman–Crippen LogP) is 4.16. The number of hydrogen-bond donors (Lipinski definition) is 1. The molecule has 7 nitrogen and oxygen atoms in total. The molecular formula is C26H33N3O4. The normalized spacial score (nSPS) is 22.7. The van der Waals surface area contributed by atoms with Crippen LogP contribution in [0.1, 0.15) is 43.7 Å². The number of carbonyl (C=O) groups excluding carboxylic acids is 2. The molecule has 3 amide bonds. The van der Waals surface area contributed by atoms with Gasteiger partial charge in [-0.3, -0.25) is 9.69 Å². The number of benzene rings is 2. The molecule has 0 unspecified atom stereocenters. The third-order valence-electron chi connectivity index (χ3n) is 6.80. The van der Waals surface area contributed by atoms with E-state index < -0.39 is 5.54 Å². The van der Waals surface area contributed by atoms with E-state index in [0.29, 0.717) is 24.7 Å². The van der Waals surface area contributed by atoms with E-state index in [2.05, 4.69) is 12.2 Å². The lowest BCUT2D eigenvalue weighted by molar-refractivity contribution is -0.135. The number of ether oxygens (including phenoxy) is 2. The Kier molecular flexibility index (Phi) is 6.88. The summed E-state index contributed by atoms with van der Waals surface area (Å²) < 4.78 is 11.5. The summed E-state index contributed by atoms with van der Waals surface area (Å²) in [7, 11) is 3.53. The van der Waals surface area contributed by atoms with Crippen LogP contribution in [0.5, 0.6) is 11.5 Å². The molecule has 1 spiro atoms. The van der Waals surface area contributed by atoms with Crippen LogP contribution in [-0.4, -0.2) is 48.1 Å². The van der Waals surface area contributed by atoms with Crippen LogP contribution in [0.3, 0.4) is 0 Å². The summed E-state index contributed by atoms with van der Waals surface area (Å²) in [6, 6.07) is 15.5. The number of imide groups is 1. The lowest BCUT2D eigenvalue weighted by atomic mass is 9.73. The van der Waals surface area contributed by atoms with Gasteiger partial charge < -0.3 is 14.8 Å². The van der Waals surface area contributed by atoms with Crippen molar-refractivity contribution in [3.63, 3.8) is 0 Å². The zero-order chi connectivity index (χ0) is 23.4. The summed E-state index contributed by atoms with van der Waals surface area (Å²) in [5.41, 5.74) is 1.37. The fraction of sp³-hybridized carbons (Fsp3) is 0.462. The Balaban J connectivity index is 1.38. The van der Waals surface area contributed by atoms with Crippen LogP contribution in [0.25, 0.3) is 0 Å². The van der Waals surface area contributed by atoms with Crippen molar-refractivity contribution in [1.29, 1.82) is 0 Å². The van der Waals surface area contributed by atoms with E-state index in [1.165, 1.54) is 4.90 Å². The number of hydrogen-bond acceptors (Lipinski definition) is 5. The molecule has 1 saturated carbocycles. The second-order valence-electron chi connectivity index (χ2n) is 9.20. The molecule has 2 aromatic rings. The van der Waals surface area contributed by atoms with Gasteiger partial charge >= 0.3 is 6.03 Å². The highest BCUT2D eigenvalue weighted by molar-refractivity contribution is 6.07. The van der Waals surface area contributed by atoms with Crippen molar-refractivity contribution in [2.24, 2.45) is 5.92 Å². The molecule has 0 bridgehead atoms. The van der Waals surface area contributed by atoms with E-state index in [9.17, 15) is 9.59 Å². The summed E-state index contributed by atoms with van der Waals surface area (Å²) in [5, 5.41) is 3.02. The van der Waals surface area contributed by atoms with Gasteiger partial charge in [-0.1, -0.05) is 56.2 Å². The molecule has 2 aliphatic rings. The maximum Gasteiger partial charge on any atom is 0.326 e. The zero-order valence-corrected chi connectivity index (χ0v) is 19.7. The van der Waals surface area contributed by atoms with Gasteiger partial charge in [-0.25, -0.2) is 9.69 Å². The van der Waals surface area contributed by atoms with Gasteiger partial charge in [-0.2, -0.15) is 0 Å². The van der Waals surface area contributed by atoms with Crippen LogP contribution >= 0.6 is 0 Å². The Bertz CT molecular complexity index is 996. The molecule has 4 rings (SSSR count). The minimum atomic E-state index is -0.725. The second kappa shape index (κ2) is 9.83. The number of nitrogens with one attached hydrogen (secondary N) is 1. The molecule has 2 aromatic carbocycles. The predicted molar refractivity (Wildman–Crippen MR) is 126 cm³/mol. The van der Waals surface area contributed by atoms with Crippen molar-refractivity contribution in [3.05, 3.63) is 59.7 Å². The van der Waals surface area contributed by atoms with Gasteiger partial charge in [-0.05, 0) is 49.1 Å². The molecule has 33 heavy (non-hydrogen) atoms. The van der Waals surface area contributed by atoms with E-state index in [1.54, 1.807) is 7.11 Å². The minimum Gasteiger partial charge on any atom is -0.493 e.